The lowest BCUT2D eigenvalue weighted by molar-refractivity contribution is 0.391. The van der Waals surface area contributed by atoms with Crippen LogP contribution in [0.3, 0.4) is 0 Å². The third kappa shape index (κ3) is 2.99. The lowest BCUT2D eigenvalue weighted by Gasteiger charge is -2.22. The van der Waals surface area contributed by atoms with Gasteiger partial charge in [-0.1, -0.05) is 6.42 Å². The Hall–Kier alpha value is -1.73. The van der Waals surface area contributed by atoms with Crippen LogP contribution in [0, 0.1) is 17.2 Å². The maximum atomic E-state index is 9.94. The van der Waals surface area contributed by atoms with E-state index in [1.165, 1.54) is 0 Å². The number of nitrogens with one attached hydrogen (secondary N) is 1. The highest BCUT2D eigenvalue weighted by atomic mass is 16.5. The van der Waals surface area contributed by atoms with Crippen molar-refractivity contribution >= 4 is 0 Å². The van der Waals surface area contributed by atoms with Gasteiger partial charge in [-0.25, -0.2) is 0 Å². The van der Waals surface area contributed by atoms with Crippen LogP contribution < -0.4 is 10.1 Å². The number of ether oxygens (including phenoxy) is 1. The molecule has 19 heavy (non-hydrogen) atoms. The highest BCUT2D eigenvalue weighted by Crippen LogP contribution is 2.31. The van der Waals surface area contributed by atoms with Crippen LogP contribution in [0.1, 0.15) is 37.8 Å². The van der Waals surface area contributed by atoms with Gasteiger partial charge in [0.15, 0.2) is 0 Å². The summed E-state index contributed by atoms with van der Waals surface area (Å²) < 4.78 is 5.18. The molecule has 2 rings (SSSR count). The van der Waals surface area contributed by atoms with Crippen molar-refractivity contribution in [3.63, 3.8) is 0 Å². The number of methoxy groups -OCH3 is 1. The topological polar surface area (TPSA) is 65.3 Å². The van der Waals surface area contributed by atoms with Crippen molar-refractivity contribution < 1.29 is 9.84 Å². The fourth-order valence-electron chi connectivity index (χ4n) is 2.73. The summed E-state index contributed by atoms with van der Waals surface area (Å²) in [7, 11) is 1.61. The van der Waals surface area contributed by atoms with Gasteiger partial charge in [0, 0.05) is 17.6 Å². The van der Waals surface area contributed by atoms with E-state index in [1.807, 2.05) is 13.0 Å². The second-order valence-electron chi connectivity index (χ2n) is 5.09. The lowest BCUT2D eigenvalue weighted by Crippen LogP contribution is -2.33. The number of phenolic OH excluding ortho intramolecular Hbond substituents is 1. The van der Waals surface area contributed by atoms with E-state index in [0.29, 0.717) is 0 Å². The zero-order valence-corrected chi connectivity index (χ0v) is 11.4. The molecule has 2 N–H and O–H groups in total. The van der Waals surface area contributed by atoms with E-state index in [2.05, 4.69) is 11.4 Å². The van der Waals surface area contributed by atoms with E-state index < -0.39 is 0 Å². The number of rotatable bonds is 4. The Kier molecular flexibility index (Phi) is 4.28. The molecule has 1 aromatic carbocycles. The molecule has 0 amide bonds. The van der Waals surface area contributed by atoms with Crippen molar-refractivity contribution in [1.82, 2.24) is 5.32 Å². The van der Waals surface area contributed by atoms with E-state index in [4.69, 9.17) is 10.00 Å². The number of hydrogen-bond donors (Lipinski definition) is 2. The molecule has 0 heterocycles. The molecule has 0 saturated heterocycles. The van der Waals surface area contributed by atoms with Crippen molar-refractivity contribution in [2.45, 2.75) is 38.3 Å². The molecule has 0 aliphatic heterocycles. The van der Waals surface area contributed by atoms with E-state index in [9.17, 15) is 5.11 Å². The third-order valence-corrected chi connectivity index (χ3v) is 3.85. The minimum Gasteiger partial charge on any atom is -0.508 e. The summed E-state index contributed by atoms with van der Waals surface area (Å²) in [5.41, 5.74) is 0.808. The number of benzene rings is 1. The number of phenols is 1. The first kappa shape index (κ1) is 13.7. The van der Waals surface area contributed by atoms with Crippen molar-refractivity contribution in [3.8, 4) is 17.6 Å². The van der Waals surface area contributed by atoms with Gasteiger partial charge in [0.05, 0.1) is 19.1 Å². The molecule has 0 spiro atoms. The summed E-state index contributed by atoms with van der Waals surface area (Å²) in [4.78, 5) is 0. The summed E-state index contributed by atoms with van der Waals surface area (Å²) in [5, 5.41) is 22.5. The van der Waals surface area contributed by atoms with Gasteiger partial charge in [-0.15, -0.1) is 0 Å². The fraction of sp³-hybridized carbons (Fsp3) is 0.533. The average molecular weight is 260 g/mol. The molecule has 0 aromatic heterocycles. The smallest absolute Gasteiger partial charge is 0.120 e. The molecule has 1 saturated carbocycles. The van der Waals surface area contributed by atoms with Gasteiger partial charge in [0.2, 0.25) is 0 Å². The van der Waals surface area contributed by atoms with Crippen LogP contribution in [-0.2, 0) is 0 Å². The fourth-order valence-corrected chi connectivity index (χ4v) is 2.73. The summed E-state index contributed by atoms with van der Waals surface area (Å²) >= 11 is 0. The average Bonchev–Trinajstić information content (AvgIpc) is 2.86. The second kappa shape index (κ2) is 5.94. The third-order valence-electron chi connectivity index (χ3n) is 3.85. The first-order valence-corrected chi connectivity index (χ1v) is 6.68. The van der Waals surface area contributed by atoms with Crippen LogP contribution in [0.2, 0.25) is 0 Å². The van der Waals surface area contributed by atoms with E-state index in [-0.39, 0.29) is 23.8 Å². The van der Waals surface area contributed by atoms with Crippen molar-refractivity contribution in [2.75, 3.05) is 7.11 Å². The Bertz CT molecular complexity index is 482. The Morgan fingerprint density at radius 2 is 2.26 bits per heavy atom. The molecule has 1 aliphatic rings. The van der Waals surface area contributed by atoms with Crippen LogP contribution in [0.5, 0.6) is 11.5 Å². The van der Waals surface area contributed by atoms with Crippen LogP contribution in [0.4, 0.5) is 0 Å². The normalized spacial score (nSPS) is 23.8. The Morgan fingerprint density at radius 1 is 1.47 bits per heavy atom. The maximum absolute atomic E-state index is 9.94. The minimum absolute atomic E-state index is 0.00551. The molecule has 0 bridgehead atoms. The molecule has 3 atom stereocenters. The molecule has 3 unspecified atom stereocenters. The first-order chi connectivity index (χ1) is 9.15. The molecule has 1 aliphatic carbocycles. The summed E-state index contributed by atoms with van der Waals surface area (Å²) in [6.45, 7) is 2.00. The molecule has 102 valence electrons. The lowest BCUT2D eigenvalue weighted by atomic mass is 10.0. The van der Waals surface area contributed by atoms with Crippen molar-refractivity contribution in [2.24, 2.45) is 5.92 Å². The van der Waals surface area contributed by atoms with Gasteiger partial charge in [-0.2, -0.15) is 5.26 Å². The first-order valence-electron chi connectivity index (χ1n) is 6.68. The predicted molar refractivity (Wildman–Crippen MR) is 73.0 cm³/mol. The molecule has 1 fully saturated rings. The maximum Gasteiger partial charge on any atom is 0.120 e. The number of nitriles is 1. The van der Waals surface area contributed by atoms with E-state index in [0.717, 1.165) is 30.6 Å². The zero-order chi connectivity index (χ0) is 13.8. The Balaban J connectivity index is 2.11. The number of hydrogen-bond acceptors (Lipinski definition) is 4. The van der Waals surface area contributed by atoms with Gasteiger partial charge in [-0.3, -0.25) is 0 Å². The van der Waals surface area contributed by atoms with E-state index in [1.54, 1.807) is 19.2 Å². The van der Waals surface area contributed by atoms with Crippen LogP contribution in [-0.4, -0.2) is 18.3 Å². The highest BCUT2D eigenvalue weighted by molar-refractivity contribution is 5.41. The van der Waals surface area contributed by atoms with Gasteiger partial charge in [0.1, 0.15) is 11.5 Å². The van der Waals surface area contributed by atoms with Gasteiger partial charge < -0.3 is 15.2 Å². The van der Waals surface area contributed by atoms with E-state index >= 15 is 0 Å². The number of nitrogens with zero attached hydrogens (tertiary/aromatic N) is 1. The van der Waals surface area contributed by atoms with Gasteiger partial charge >= 0.3 is 0 Å². The standard InChI is InChI=1S/C15H20N2O2/c1-10(17-14-5-3-4-11(14)9-16)13-8-12(19-2)6-7-15(13)18/h6-8,10-11,14,17-18H,3-5H2,1-2H3. The van der Waals surface area contributed by atoms with Gasteiger partial charge in [0.25, 0.3) is 0 Å². The molecule has 4 nitrogen and oxygen atoms in total. The predicted octanol–water partition coefficient (Wildman–Crippen LogP) is 2.74. The highest BCUT2D eigenvalue weighted by Gasteiger charge is 2.28. The summed E-state index contributed by atoms with van der Waals surface area (Å²) in [5.74, 6) is 1.06. The Morgan fingerprint density at radius 3 is 2.95 bits per heavy atom. The molecular formula is C15H20N2O2. The second-order valence-corrected chi connectivity index (χ2v) is 5.09. The zero-order valence-electron chi connectivity index (χ0n) is 11.4. The Labute approximate surface area is 114 Å². The van der Waals surface area contributed by atoms with Crippen molar-refractivity contribution in [3.05, 3.63) is 23.8 Å². The molecule has 4 heteroatoms. The number of aromatic hydroxyl groups is 1. The van der Waals surface area contributed by atoms with Crippen molar-refractivity contribution in [1.29, 1.82) is 5.26 Å². The molecular weight excluding hydrogens is 240 g/mol. The molecule has 1 aromatic rings. The molecule has 0 radical (unpaired) electrons. The largest absolute Gasteiger partial charge is 0.508 e. The van der Waals surface area contributed by atoms with Crippen LogP contribution in [0.25, 0.3) is 0 Å². The summed E-state index contributed by atoms with van der Waals surface area (Å²) in [6.07, 6.45) is 3.07. The van der Waals surface area contributed by atoms with Gasteiger partial charge in [-0.05, 0) is 38.0 Å². The SMILES string of the molecule is COc1ccc(O)c(C(C)NC2CCCC2C#N)c1. The minimum atomic E-state index is -0.00551. The summed E-state index contributed by atoms with van der Waals surface area (Å²) in [6, 6.07) is 7.78. The van der Waals surface area contributed by atoms with Crippen LogP contribution >= 0.6 is 0 Å². The quantitative estimate of drug-likeness (QED) is 0.873. The van der Waals surface area contributed by atoms with Crippen LogP contribution in [0.15, 0.2) is 18.2 Å². The monoisotopic (exact) mass is 260 g/mol.